The summed E-state index contributed by atoms with van der Waals surface area (Å²) in [5.41, 5.74) is 0. The third kappa shape index (κ3) is 2.55. The van der Waals surface area contributed by atoms with E-state index in [9.17, 15) is 4.79 Å². The summed E-state index contributed by atoms with van der Waals surface area (Å²) in [6.45, 7) is 6.75. The molecular weight excluding hydrogens is 202 g/mol. The predicted molar refractivity (Wildman–Crippen MR) is 64.3 cm³/mol. The zero-order chi connectivity index (χ0) is 11.5. The van der Waals surface area contributed by atoms with Crippen molar-refractivity contribution in [1.29, 1.82) is 0 Å². The van der Waals surface area contributed by atoms with Crippen LogP contribution in [-0.4, -0.2) is 61.5 Å². The molecule has 4 heteroatoms. The fourth-order valence-corrected chi connectivity index (χ4v) is 2.69. The van der Waals surface area contributed by atoms with E-state index in [1.807, 2.05) is 6.92 Å². The molecule has 16 heavy (non-hydrogen) atoms. The maximum Gasteiger partial charge on any atom is 0.226 e. The molecule has 2 aliphatic rings. The van der Waals surface area contributed by atoms with Gasteiger partial charge in [0.15, 0.2) is 0 Å². The zero-order valence-corrected chi connectivity index (χ0v) is 10.4. The first-order valence-corrected chi connectivity index (χ1v) is 6.38. The number of likely N-dealkylation sites (tertiary alicyclic amines) is 1. The molecule has 0 aromatic carbocycles. The number of rotatable bonds is 2. The molecule has 2 aliphatic heterocycles. The molecule has 2 rings (SSSR count). The third-order valence-corrected chi connectivity index (χ3v) is 3.84. The minimum Gasteiger partial charge on any atom is -0.340 e. The molecule has 2 saturated heterocycles. The highest BCUT2D eigenvalue weighted by molar-refractivity contribution is 5.79. The average molecular weight is 225 g/mol. The lowest BCUT2D eigenvalue weighted by Gasteiger charge is -2.28. The van der Waals surface area contributed by atoms with E-state index in [1.54, 1.807) is 0 Å². The van der Waals surface area contributed by atoms with Crippen molar-refractivity contribution in [2.45, 2.75) is 25.8 Å². The van der Waals surface area contributed by atoms with Gasteiger partial charge in [0, 0.05) is 38.1 Å². The van der Waals surface area contributed by atoms with Gasteiger partial charge in [-0.1, -0.05) is 6.92 Å². The van der Waals surface area contributed by atoms with E-state index in [0.717, 1.165) is 26.2 Å². The van der Waals surface area contributed by atoms with Crippen LogP contribution in [0.3, 0.4) is 0 Å². The molecule has 0 aromatic rings. The Morgan fingerprint density at radius 3 is 2.94 bits per heavy atom. The molecule has 2 atom stereocenters. The van der Waals surface area contributed by atoms with Gasteiger partial charge in [0.2, 0.25) is 5.91 Å². The van der Waals surface area contributed by atoms with Gasteiger partial charge < -0.3 is 15.1 Å². The summed E-state index contributed by atoms with van der Waals surface area (Å²) in [6.07, 6.45) is 2.51. The molecule has 0 radical (unpaired) electrons. The second-order valence-electron chi connectivity index (χ2n) is 5.17. The minimum atomic E-state index is 0.134. The van der Waals surface area contributed by atoms with Crippen molar-refractivity contribution in [1.82, 2.24) is 15.1 Å². The van der Waals surface area contributed by atoms with E-state index in [4.69, 9.17) is 0 Å². The summed E-state index contributed by atoms with van der Waals surface area (Å²) in [5, 5.41) is 3.32. The predicted octanol–water partition coefficient (Wildman–Crippen LogP) is 0.149. The Kier molecular flexibility index (Phi) is 3.82. The largest absolute Gasteiger partial charge is 0.340 e. The maximum absolute atomic E-state index is 12.1. The standard InChI is InChI=1S/C12H23N3O/c1-10-8-13-5-7-15(12(10)16)9-11-4-3-6-14(11)2/h10-11,13H,3-9H2,1-2H3. The lowest BCUT2D eigenvalue weighted by molar-refractivity contribution is -0.134. The van der Waals surface area contributed by atoms with Crippen molar-refractivity contribution in [2.24, 2.45) is 5.92 Å². The molecule has 92 valence electrons. The van der Waals surface area contributed by atoms with E-state index >= 15 is 0 Å². The van der Waals surface area contributed by atoms with Crippen LogP contribution in [0.25, 0.3) is 0 Å². The van der Waals surface area contributed by atoms with E-state index in [1.165, 1.54) is 19.4 Å². The molecule has 0 aliphatic carbocycles. The molecule has 0 spiro atoms. The Bertz CT molecular complexity index is 257. The maximum atomic E-state index is 12.1. The first-order valence-electron chi connectivity index (χ1n) is 6.38. The summed E-state index contributed by atoms with van der Waals surface area (Å²) < 4.78 is 0. The Morgan fingerprint density at radius 1 is 1.44 bits per heavy atom. The molecule has 4 nitrogen and oxygen atoms in total. The van der Waals surface area contributed by atoms with Gasteiger partial charge in [-0.15, -0.1) is 0 Å². The van der Waals surface area contributed by atoms with Crippen molar-refractivity contribution in [3.05, 3.63) is 0 Å². The number of nitrogens with zero attached hydrogens (tertiary/aromatic N) is 2. The average Bonchev–Trinajstić information content (AvgIpc) is 2.60. The quantitative estimate of drug-likeness (QED) is 0.726. The highest BCUT2D eigenvalue weighted by atomic mass is 16.2. The van der Waals surface area contributed by atoms with Crippen LogP contribution in [0.4, 0.5) is 0 Å². The summed E-state index contributed by atoms with van der Waals surface area (Å²) in [5.74, 6) is 0.458. The molecule has 1 N–H and O–H groups in total. The fourth-order valence-electron chi connectivity index (χ4n) is 2.69. The summed E-state index contributed by atoms with van der Waals surface area (Å²) in [6, 6.07) is 0.578. The molecule has 1 amide bonds. The van der Waals surface area contributed by atoms with Crippen molar-refractivity contribution in [2.75, 3.05) is 39.8 Å². The molecule has 0 bridgehead atoms. The number of amides is 1. The van der Waals surface area contributed by atoms with Crippen molar-refractivity contribution in [3.63, 3.8) is 0 Å². The van der Waals surface area contributed by atoms with E-state index in [0.29, 0.717) is 11.9 Å². The van der Waals surface area contributed by atoms with Crippen LogP contribution in [0.5, 0.6) is 0 Å². The first-order chi connectivity index (χ1) is 7.68. The molecule has 0 aromatic heterocycles. The number of carbonyl (C=O) groups excluding carboxylic acids is 1. The highest BCUT2D eigenvalue weighted by Gasteiger charge is 2.28. The van der Waals surface area contributed by atoms with Crippen molar-refractivity contribution >= 4 is 5.91 Å². The highest BCUT2D eigenvalue weighted by Crippen LogP contribution is 2.17. The van der Waals surface area contributed by atoms with Crippen LogP contribution in [0.1, 0.15) is 19.8 Å². The lowest BCUT2D eigenvalue weighted by atomic mass is 10.1. The van der Waals surface area contributed by atoms with Crippen LogP contribution in [0.15, 0.2) is 0 Å². The fraction of sp³-hybridized carbons (Fsp3) is 0.917. The molecule has 0 saturated carbocycles. The number of carbonyl (C=O) groups is 1. The second kappa shape index (κ2) is 5.15. The van der Waals surface area contributed by atoms with E-state index in [-0.39, 0.29) is 5.92 Å². The van der Waals surface area contributed by atoms with Gasteiger partial charge in [-0.2, -0.15) is 0 Å². The van der Waals surface area contributed by atoms with Crippen LogP contribution >= 0.6 is 0 Å². The Morgan fingerprint density at radius 2 is 2.25 bits per heavy atom. The first kappa shape index (κ1) is 11.9. The monoisotopic (exact) mass is 225 g/mol. The second-order valence-corrected chi connectivity index (χ2v) is 5.17. The molecule has 2 heterocycles. The topological polar surface area (TPSA) is 35.6 Å². The molecular formula is C12H23N3O. The van der Waals surface area contributed by atoms with Crippen LogP contribution in [-0.2, 0) is 4.79 Å². The van der Waals surface area contributed by atoms with Crippen LogP contribution in [0.2, 0.25) is 0 Å². The van der Waals surface area contributed by atoms with Gasteiger partial charge in [-0.05, 0) is 26.4 Å². The molecule has 2 fully saturated rings. The smallest absolute Gasteiger partial charge is 0.226 e. The Balaban J connectivity index is 1.93. The zero-order valence-electron chi connectivity index (χ0n) is 10.4. The number of hydrogen-bond acceptors (Lipinski definition) is 3. The lowest BCUT2D eigenvalue weighted by Crippen LogP contribution is -2.44. The van der Waals surface area contributed by atoms with Crippen molar-refractivity contribution in [3.8, 4) is 0 Å². The number of likely N-dealkylation sites (N-methyl/N-ethyl adjacent to an activating group) is 1. The van der Waals surface area contributed by atoms with E-state index < -0.39 is 0 Å². The summed E-state index contributed by atoms with van der Waals surface area (Å²) in [4.78, 5) is 16.5. The van der Waals surface area contributed by atoms with Gasteiger partial charge >= 0.3 is 0 Å². The van der Waals surface area contributed by atoms with Gasteiger partial charge in [0.05, 0.1) is 0 Å². The van der Waals surface area contributed by atoms with Crippen LogP contribution in [0, 0.1) is 5.92 Å². The SMILES string of the molecule is CC1CNCCN(CC2CCCN2C)C1=O. The van der Waals surface area contributed by atoms with Gasteiger partial charge in [0.1, 0.15) is 0 Å². The molecule has 2 unspecified atom stereocenters. The Hall–Kier alpha value is -0.610. The normalized spacial score (nSPS) is 33.1. The number of hydrogen-bond donors (Lipinski definition) is 1. The van der Waals surface area contributed by atoms with E-state index in [2.05, 4.69) is 22.2 Å². The van der Waals surface area contributed by atoms with Crippen LogP contribution < -0.4 is 5.32 Å². The Labute approximate surface area is 98.0 Å². The number of nitrogens with one attached hydrogen (secondary N) is 1. The summed E-state index contributed by atoms with van der Waals surface area (Å²) in [7, 11) is 2.17. The van der Waals surface area contributed by atoms with Gasteiger partial charge in [-0.25, -0.2) is 0 Å². The summed E-state index contributed by atoms with van der Waals surface area (Å²) >= 11 is 0. The van der Waals surface area contributed by atoms with Crippen molar-refractivity contribution < 1.29 is 4.79 Å². The third-order valence-electron chi connectivity index (χ3n) is 3.84. The van der Waals surface area contributed by atoms with Gasteiger partial charge in [0.25, 0.3) is 0 Å². The minimum absolute atomic E-state index is 0.134. The van der Waals surface area contributed by atoms with Gasteiger partial charge in [-0.3, -0.25) is 4.79 Å².